The van der Waals surface area contributed by atoms with Crippen molar-refractivity contribution in [2.75, 3.05) is 0 Å². The van der Waals surface area contributed by atoms with E-state index in [1.165, 1.54) is 12.3 Å². The lowest BCUT2D eigenvalue weighted by Crippen LogP contribution is -1.97. The van der Waals surface area contributed by atoms with E-state index in [2.05, 4.69) is 30.9 Å². The van der Waals surface area contributed by atoms with Crippen molar-refractivity contribution < 1.29 is 4.92 Å². The van der Waals surface area contributed by atoms with Crippen LogP contribution in [0.3, 0.4) is 0 Å². The minimum Gasteiger partial charge on any atom is -0.258 e. The van der Waals surface area contributed by atoms with Crippen LogP contribution in [0.15, 0.2) is 21.9 Å². The fourth-order valence-electron chi connectivity index (χ4n) is 0.835. The highest BCUT2D eigenvalue weighted by atomic mass is 79.9. The average molecular weight is 258 g/mol. The van der Waals surface area contributed by atoms with Gasteiger partial charge in [-0.25, -0.2) is 0 Å². The van der Waals surface area contributed by atoms with Crippen LogP contribution >= 0.6 is 15.9 Å². The van der Waals surface area contributed by atoms with Gasteiger partial charge in [-0.1, -0.05) is 5.11 Å². The van der Waals surface area contributed by atoms with E-state index in [1.54, 1.807) is 0 Å². The molecule has 0 atom stereocenters. The summed E-state index contributed by atoms with van der Waals surface area (Å²) in [4.78, 5) is 16.3. The summed E-state index contributed by atoms with van der Waals surface area (Å²) in [7, 11) is 0. The average Bonchev–Trinajstić information content (AvgIpc) is 2.15. The van der Waals surface area contributed by atoms with Crippen LogP contribution in [0.2, 0.25) is 0 Å². The second-order valence-corrected chi connectivity index (χ2v) is 3.18. The Hall–Kier alpha value is -1.66. The fourth-order valence-corrected chi connectivity index (χ4v) is 1.15. The van der Waals surface area contributed by atoms with E-state index < -0.39 is 4.92 Å². The van der Waals surface area contributed by atoms with Crippen molar-refractivity contribution in [3.8, 4) is 0 Å². The van der Waals surface area contributed by atoms with Gasteiger partial charge in [-0.15, -0.1) is 0 Å². The molecule has 0 aliphatic rings. The van der Waals surface area contributed by atoms with Crippen LogP contribution in [-0.4, -0.2) is 9.91 Å². The van der Waals surface area contributed by atoms with E-state index in [1.807, 2.05) is 0 Å². The van der Waals surface area contributed by atoms with Crippen LogP contribution in [-0.2, 0) is 6.54 Å². The zero-order valence-corrected chi connectivity index (χ0v) is 8.38. The molecule has 0 saturated heterocycles. The number of rotatable bonds is 3. The molecule has 0 aliphatic carbocycles. The van der Waals surface area contributed by atoms with E-state index >= 15 is 0 Å². The Morgan fingerprint density at radius 1 is 1.79 bits per heavy atom. The third kappa shape index (κ3) is 2.41. The molecule has 14 heavy (non-hydrogen) atoms. The summed E-state index contributed by atoms with van der Waals surface area (Å²) in [6.07, 6.45) is 1.41. The SMILES string of the molecule is [N-]=[N+]=NCc1ncc(Br)cc1[N+](=O)[O-]. The number of nitrogens with zero attached hydrogens (tertiary/aromatic N) is 5. The van der Waals surface area contributed by atoms with E-state index in [4.69, 9.17) is 5.53 Å². The molecular weight excluding hydrogens is 254 g/mol. The summed E-state index contributed by atoms with van der Waals surface area (Å²) in [5.41, 5.74) is 8.05. The molecule has 0 radical (unpaired) electrons. The molecule has 0 N–H and O–H groups in total. The molecule has 1 heterocycles. The lowest BCUT2D eigenvalue weighted by atomic mass is 10.3. The molecule has 0 aliphatic heterocycles. The summed E-state index contributed by atoms with van der Waals surface area (Å²) in [6.45, 7) is -0.125. The molecule has 1 rings (SSSR count). The molecule has 0 spiro atoms. The smallest absolute Gasteiger partial charge is 0.258 e. The molecule has 1 aromatic heterocycles. The first-order valence-electron chi connectivity index (χ1n) is 3.45. The van der Waals surface area contributed by atoms with Crippen LogP contribution < -0.4 is 0 Å². The lowest BCUT2D eigenvalue weighted by molar-refractivity contribution is -0.386. The minimum absolute atomic E-state index is 0.125. The van der Waals surface area contributed by atoms with Crippen LogP contribution in [0.25, 0.3) is 10.4 Å². The standard InChI is InChI=1S/C6H4BrN5O2/c7-4-1-6(12(13)14)5(9-2-4)3-10-11-8/h1-2H,3H2. The van der Waals surface area contributed by atoms with Crippen LogP contribution in [0.5, 0.6) is 0 Å². The molecule has 0 saturated carbocycles. The Morgan fingerprint density at radius 3 is 3.07 bits per heavy atom. The zero-order valence-electron chi connectivity index (χ0n) is 6.79. The number of pyridine rings is 1. The first-order chi connectivity index (χ1) is 6.65. The molecule has 8 heteroatoms. The molecule has 72 valence electrons. The van der Waals surface area contributed by atoms with Crippen molar-refractivity contribution in [2.24, 2.45) is 5.11 Å². The maximum absolute atomic E-state index is 10.5. The van der Waals surface area contributed by atoms with E-state index in [-0.39, 0.29) is 17.9 Å². The predicted octanol–water partition coefficient (Wildman–Crippen LogP) is 2.56. The Morgan fingerprint density at radius 2 is 2.50 bits per heavy atom. The van der Waals surface area contributed by atoms with Gasteiger partial charge >= 0.3 is 0 Å². The van der Waals surface area contributed by atoms with Crippen molar-refractivity contribution in [3.63, 3.8) is 0 Å². The molecule has 0 amide bonds. The predicted molar refractivity (Wildman–Crippen MR) is 51.4 cm³/mol. The molecule has 0 fully saturated rings. The van der Waals surface area contributed by atoms with Gasteiger partial charge in [0.25, 0.3) is 5.69 Å². The number of aromatic nitrogens is 1. The van der Waals surface area contributed by atoms with Gasteiger partial charge in [-0.3, -0.25) is 15.1 Å². The summed E-state index contributed by atoms with van der Waals surface area (Å²) in [5.74, 6) is 0. The highest BCUT2D eigenvalue weighted by molar-refractivity contribution is 9.10. The van der Waals surface area contributed by atoms with Gasteiger partial charge in [0.2, 0.25) is 0 Å². The summed E-state index contributed by atoms with van der Waals surface area (Å²) >= 11 is 3.06. The number of nitro groups is 1. The second kappa shape index (κ2) is 4.54. The minimum atomic E-state index is -0.569. The second-order valence-electron chi connectivity index (χ2n) is 2.27. The first kappa shape index (κ1) is 10.4. The van der Waals surface area contributed by atoms with Crippen molar-refractivity contribution >= 4 is 21.6 Å². The quantitative estimate of drug-likeness (QED) is 0.273. The van der Waals surface area contributed by atoms with Gasteiger partial charge in [-0.05, 0) is 21.5 Å². The van der Waals surface area contributed by atoms with Crippen LogP contribution in [0.4, 0.5) is 5.69 Å². The number of azide groups is 1. The fraction of sp³-hybridized carbons (Fsp3) is 0.167. The van der Waals surface area contributed by atoms with E-state index in [0.29, 0.717) is 4.47 Å². The Bertz CT molecular complexity index is 415. The highest BCUT2D eigenvalue weighted by Crippen LogP contribution is 2.21. The Kier molecular flexibility index (Phi) is 3.38. The monoisotopic (exact) mass is 257 g/mol. The topological polar surface area (TPSA) is 105 Å². The van der Waals surface area contributed by atoms with Gasteiger partial charge in [0.1, 0.15) is 5.69 Å². The first-order valence-corrected chi connectivity index (χ1v) is 4.24. The molecule has 7 nitrogen and oxygen atoms in total. The summed E-state index contributed by atoms with van der Waals surface area (Å²) in [5, 5.41) is 13.8. The van der Waals surface area contributed by atoms with E-state index in [9.17, 15) is 10.1 Å². The largest absolute Gasteiger partial charge is 0.291 e. The maximum Gasteiger partial charge on any atom is 0.291 e. The summed E-state index contributed by atoms with van der Waals surface area (Å²) in [6, 6.07) is 1.31. The van der Waals surface area contributed by atoms with Gasteiger partial charge in [-0.2, -0.15) is 0 Å². The highest BCUT2D eigenvalue weighted by Gasteiger charge is 2.14. The molecule has 1 aromatic rings. The zero-order chi connectivity index (χ0) is 10.6. The molecule has 0 aromatic carbocycles. The molecule has 0 bridgehead atoms. The normalized spacial score (nSPS) is 9.21. The molecule has 0 unspecified atom stereocenters. The lowest BCUT2D eigenvalue weighted by Gasteiger charge is -1.97. The van der Waals surface area contributed by atoms with Crippen LogP contribution in [0, 0.1) is 10.1 Å². The summed E-state index contributed by atoms with van der Waals surface area (Å²) < 4.78 is 0.508. The molecular formula is C6H4BrN5O2. The maximum atomic E-state index is 10.5. The van der Waals surface area contributed by atoms with Crippen molar-refractivity contribution in [1.82, 2.24) is 4.98 Å². The number of hydrogen-bond acceptors (Lipinski definition) is 4. The third-order valence-electron chi connectivity index (χ3n) is 1.39. The van der Waals surface area contributed by atoms with Crippen molar-refractivity contribution in [2.45, 2.75) is 6.54 Å². The van der Waals surface area contributed by atoms with Gasteiger partial charge < -0.3 is 0 Å². The van der Waals surface area contributed by atoms with Crippen LogP contribution in [0.1, 0.15) is 5.69 Å². The van der Waals surface area contributed by atoms with Gasteiger partial charge in [0.15, 0.2) is 0 Å². The van der Waals surface area contributed by atoms with Crippen molar-refractivity contribution in [1.29, 1.82) is 0 Å². The Balaban J connectivity index is 3.14. The number of halogens is 1. The Labute approximate surface area is 86.7 Å². The van der Waals surface area contributed by atoms with Gasteiger partial charge in [0.05, 0.1) is 11.5 Å². The van der Waals surface area contributed by atoms with E-state index in [0.717, 1.165) is 0 Å². The van der Waals surface area contributed by atoms with Gasteiger partial charge in [0, 0.05) is 21.6 Å². The number of hydrogen-bond donors (Lipinski definition) is 0. The van der Waals surface area contributed by atoms with Crippen molar-refractivity contribution in [3.05, 3.63) is 43.0 Å². The third-order valence-corrected chi connectivity index (χ3v) is 1.83.